The van der Waals surface area contributed by atoms with E-state index in [0.29, 0.717) is 0 Å². The van der Waals surface area contributed by atoms with E-state index in [2.05, 4.69) is 126 Å². The van der Waals surface area contributed by atoms with Crippen molar-refractivity contribution < 1.29 is 4.42 Å². The van der Waals surface area contributed by atoms with Crippen molar-refractivity contribution in [3.63, 3.8) is 0 Å². The fourth-order valence-electron chi connectivity index (χ4n) is 7.04. The first-order chi connectivity index (χ1) is 24.2. The predicted octanol–water partition coefficient (Wildman–Crippen LogP) is 11.0. The molecule has 0 spiro atoms. The number of rotatable bonds is 5. The summed E-state index contributed by atoms with van der Waals surface area (Å²) in [5.41, 5.74) is 21.0. The average Bonchev–Trinajstić information content (AvgIpc) is 3.55. The first-order valence-electron chi connectivity index (χ1n) is 16.5. The van der Waals surface area contributed by atoms with E-state index in [1.165, 1.54) is 5.56 Å². The van der Waals surface area contributed by atoms with Crippen molar-refractivity contribution in [2.45, 2.75) is 6.42 Å². The smallest absolute Gasteiger partial charge is 0.136 e. The maximum atomic E-state index is 6.51. The second kappa shape index (κ2) is 11.9. The molecule has 0 amide bonds. The lowest BCUT2D eigenvalue weighted by molar-refractivity contribution is 0.669. The van der Waals surface area contributed by atoms with E-state index >= 15 is 0 Å². The van der Waals surface area contributed by atoms with Crippen LogP contribution in [0.25, 0.3) is 77.9 Å². The van der Waals surface area contributed by atoms with Crippen molar-refractivity contribution in [2.75, 3.05) is 0 Å². The van der Waals surface area contributed by atoms with Gasteiger partial charge in [-0.1, -0.05) is 91.0 Å². The van der Waals surface area contributed by atoms with Crippen molar-refractivity contribution in [1.29, 1.82) is 0 Å². The Kier molecular flexibility index (Phi) is 6.98. The van der Waals surface area contributed by atoms with E-state index < -0.39 is 0 Å². The molecule has 0 fully saturated rings. The Morgan fingerprint density at radius 1 is 0.633 bits per heavy atom. The molecule has 49 heavy (non-hydrogen) atoms. The highest BCUT2D eigenvalue weighted by molar-refractivity contribution is 6.13. The van der Waals surface area contributed by atoms with Gasteiger partial charge in [0.05, 0.1) is 11.2 Å². The Morgan fingerprint density at radius 3 is 2.37 bits per heavy atom. The van der Waals surface area contributed by atoms with Crippen molar-refractivity contribution in [2.24, 2.45) is 5.73 Å². The largest absolute Gasteiger partial charge is 0.456 e. The van der Waals surface area contributed by atoms with Gasteiger partial charge < -0.3 is 10.2 Å². The molecule has 1 aliphatic rings. The van der Waals surface area contributed by atoms with E-state index in [1.54, 1.807) is 6.20 Å². The Morgan fingerprint density at radius 2 is 1.45 bits per heavy atom. The van der Waals surface area contributed by atoms with Crippen LogP contribution in [0.15, 0.2) is 168 Å². The number of hydrogen-bond acceptors (Lipinski definition) is 4. The van der Waals surface area contributed by atoms with Gasteiger partial charge in [0.1, 0.15) is 11.2 Å². The summed E-state index contributed by atoms with van der Waals surface area (Å²) in [5, 5.41) is 3.32. The highest BCUT2D eigenvalue weighted by Crippen LogP contribution is 2.40. The zero-order valence-electron chi connectivity index (χ0n) is 26.7. The van der Waals surface area contributed by atoms with Gasteiger partial charge in [0.2, 0.25) is 0 Å². The zero-order chi connectivity index (χ0) is 32.7. The van der Waals surface area contributed by atoms with E-state index in [-0.39, 0.29) is 0 Å². The van der Waals surface area contributed by atoms with Gasteiger partial charge in [-0.05, 0) is 105 Å². The van der Waals surface area contributed by atoms with Crippen molar-refractivity contribution >= 4 is 44.5 Å². The van der Waals surface area contributed by atoms with Gasteiger partial charge in [0, 0.05) is 46.7 Å². The summed E-state index contributed by atoms with van der Waals surface area (Å²) in [7, 11) is 0. The molecule has 4 nitrogen and oxygen atoms in total. The van der Waals surface area contributed by atoms with Crippen LogP contribution < -0.4 is 5.73 Å². The van der Waals surface area contributed by atoms with Crippen LogP contribution in [0, 0.1) is 0 Å². The average molecular weight is 630 g/mol. The number of benzene rings is 5. The molecule has 0 aliphatic heterocycles. The van der Waals surface area contributed by atoms with Crippen molar-refractivity contribution in [3.05, 3.63) is 181 Å². The monoisotopic (exact) mass is 629 g/mol. The normalized spacial score (nSPS) is 13.8. The van der Waals surface area contributed by atoms with Crippen LogP contribution in [0.5, 0.6) is 0 Å². The van der Waals surface area contributed by atoms with Gasteiger partial charge in [0.15, 0.2) is 0 Å². The first-order valence-corrected chi connectivity index (χ1v) is 16.5. The standard InChI is InChI=1S/C45H31N3O/c46-28-37(22-29-16-17-31-11-6-20-47-41(31)23-29)35-24-34(25-36(26-35)39-14-4-10-32-12-7-21-48-45(32)39)33-18-19-40-43(27-33)49-42-15-5-13-38(44(40)42)30-8-2-1-3-9-30/h1-22,24-28H,23,46H2/b29-22-,37-28+. The van der Waals surface area contributed by atoms with E-state index in [0.717, 1.165) is 95.0 Å². The number of allylic oxidation sites excluding steroid dienone is 4. The van der Waals surface area contributed by atoms with Gasteiger partial charge in [-0.2, -0.15) is 0 Å². The number of hydrogen-bond donors (Lipinski definition) is 1. The van der Waals surface area contributed by atoms with Gasteiger partial charge in [0.25, 0.3) is 0 Å². The topological polar surface area (TPSA) is 64.9 Å². The second-order valence-corrected chi connectivity index (χ2v) is 12.4. The summed E-state index contributed by atoms with van der Waals surface area (Å²) in [6, 6.07) is 44.5. The lowest BCUT2D eigenvalue weighted by Crippen LogP contribution is -2.01. The molecular weight excluding hydrogens is 599 g/mol. The van der Waals surface area contributed by atoms with Gasteiger partial charge in [-0.25, -0.2) is 0 Å². The summed E-state index contributed by atoms with van der Waals surface area (Å²) < 4.78 is 6.51. The molecule has 3 aromatic heterocycles. The molecule has 0 bridgehead atoms. The Bertz CT molecular complexity index is 2640. The van der Waals surface area contributed by atoms with Crippen LogP contribution in [0.3, 0.4) is 0 Å². The quantitative estimate of drug-likeness (QED) is 0.206. The molecule has 0 radical (unpaired) electrons. The summed E-state index contributed by atoms with van der Waals surface area (Å²) in [4.78, 5) is 9.40. The summed E-state index contributed by atoms with van der Waals surface area (Å²) in [6.07, 6.45) is 12.6. The Hall–Kier alpha value is -6.52. The van der Waals surface area contributed by atoms with Crippen LogP contribution in [0.1, 0.15) is 16.8 Å². The summed E-state index contributed by atoms with van der Waals surface area (Å²) in [5.74, 6) is 0. The van der Waals surface area contributed by atoms with Crippen molar-refractivity contribution in [3.8, 4) is 33.4 Å². The third kappa shape index (κ3) is 5.20. The molecule has 2 N–H and O–H groups in total. The second-order valence-electron chi connectivity index (χ2n) is 12.4. The highest BCUT2D eigenvalue weighted by atomic mass is 16.3. The van der Waals surface area contributed by atoms with Crippen LogP contribution in [0.4, 0.5) is 0 Å². The predicted molar refractivity (Wildman–Crippen MR) is 203 cm³/mol. The maximum absolute atomic E-state index is 6.51. The third-order valence-electron chi connectivity index (χ3n) is 9.42. The fourth-order valence-corrected chi connectivity index (χ4v) is 7.04. The highest BCUT2D eigenvalue weighted by Gasteiger charge is 2.16. The molecule has 232 valence electrons. The lowest BCUT2D eigenvalue weighted by atomic mass is 9.90. The molecule has 0 saturated heterocycles. The Labute approximate surface area is 284 Å². The number of pyridine rings is 2. The Balaban J connectivity index is 1.20. The van der Waals surface area contributed by atoms with E-state index in [9.17, 15) is 0 Å². The van der Waals surface area contributed by atoms with Gasteiger partial charge in [-0.15, -0.1) is 0 Å². The third-order valence-corrected chi connectivity index (χ3v) is 9.42. The van der Waals surface area contributed by atoms with E-state index in [4.69, 9.17) is 15.1 Å². The SMILES string of the molecule is N/C=C(\C=C1\C=Cc2cccnc2C1)c1cc(-c2ccc3c(c2)oc2cccc(-c4ccccc4)c23)cc(-c2cccc3cccnc23)c1. The minimum atomic E-state index is 0.748. The van der Waals surface area contributed by atoms with Crippen LogP contribution in [-0.2, 0) is 6.42 Å². The van der Waals surface area contributed by atoms with Crippen LogP contribution in [-0.4, -0.2) is 9.97 Å². The van der Waals surface area contributed by atoms with Crippen LogP contribution in [0.2, 0.25) is 0 Å². The molecule has 5 aromatic carbocycles. The summed E-state index contributed by atoms with van der Waals surface area (Å²) >= 11 is 0. The fraction of sp³-hybridized carbons (Fsp3) is 0.0222. The summed E-state index contributed by atoms with van der Waals surface area (Å²) in [6.45, 7) is 0. The van der Waals surface area contributed by atoms with Gasteiger partial charge >= 0.3 is 0 Å². The van der Waals surface area contributed by atoms with Crippen molar-refractivity contribution in [1.82, 2.24) is 9.97 Å². The number of nitrogens with zero attached hydrogens (tertiary/aromatic N) is 2. The molecule has 0 saturated carbocycles. The zero-order valence-corrected chi connectivity index (χ0v) is 26.7. The number of para-hydroxylation sites is 1. The molecule has 1 aliphatic carbocycles. The van der Waals surface area contributed by atoms with Gasteiger partial charge in [-0.3, -0.25) is 9.97 Å². The van der Waals surface area contributed by atoms with Crippen LogP contribution >= 0.6 is 0 Å². The number of aromatic nitrogens is 2. The molecule has 0 unspecified atom stereocenters. The number of fused-ring (bicyclic) bond motifs is 5. The number of nitrogens with two attached hydrogens (primary N) is 1. The molecule has 4 heteroatoms. The minimum Gasteiger partial charge on any atom is -0.456 e. The molecular formula is C45H31N3O. The molecule has 3 heterocycles. The lowest BCUT2D eigenvalue weighted by Gasteiger charge is -2.15. The maximum Gasteiger partial charge on any atom is 0.136 e. The first kappa shape index (κ1) is 28.7. The minimum absolute atomic E-state index is 0.748. The number of furan rings is 1. The molecule has 9 rings (SSSR count). The molecule has 8 aromatic rings. The van der Waals surface area contributed by atoms with E-state index in [1.807, 2.05) is 36.7 Å². The molecule has 0 atom stereocenters.